The smallest absolute Gasteiger partial charge is 0.212 e. The van der Waals surface area contributed by atoms with E-state index in [2.05, 4.69) is 9.82 Å². The molecule has 6 nitrogen and oxygen atoms in total. The fourth-order valence-corrected chi connectivity index (χ4v) is 4.08. The topological polar surface area (TPSA) is 90.0 Å². The fraction of sp³-hybridized carbons (Fsp3) is 0.308. The van der Waals surface area contributed by atoms with Crippen LogP contribution in [-0.2, 0) is 16.6 Å². The molecular formula is C13H18N4O2S2. The van der Waals surface area contributed by atoms with Crippen LogP contribution < -0.4 is 10.5 Å². The highest BCUT2D eigenvalue weighted by Crippen LogP contribution is 2.20. The van der Waals surface area contributed by atoms with Crippen LogP contribution in [-0.4, -0.2) is 36.2 Å². The first-order valence-corrected chi connectivity index (χ1v) is 9.12. The molecule has 0 aliphatic heterocycles. The maximum absolute atomic E-state index is 11.8. The van der Waals surface area contributed by atoms with Crippen molar-refractivity contribution in [3.05, 3.63) is 42.7 Å². The third kappa shape index (κ3) is 5.78. The molecule has 0 aliphatic rings. The molecule has 114 valence electrons. The number of hydrogen-bond donors (Lipinski definition) is 2. The summed E-state index contributed by atoms with van der Waals surface area (Å²) in [5, 5.41) is 4.01. The van der Waals surface area contributed by atoms with Crippen molar-refractivity contribution in [3.63, 3.8) is 0 Å². The van der Waals surface area contributed by atoms with E-state index < -0.39 is 10.0 Å². The Balaban J connectivity index is 1.71. The second kappa shape index (κ2) is 7.48. The van der Waals surface area contributed by atoms with Gasteiger partial charge in [-0.3, -0.25) is 4.68 Å². The molecule has 0 saturated carbocycles. The van der Waals surface area contributed by atoms with Gasteiger partial charge in [0.1, 0.15) is 0 Å². The number of nitrogens with one attached hydrogen (secondary N) is 1. The number of thioether (sulfide) groups is 1. The van der Waals surface area contributed by atoms with Crippen LogP contribution >= 0.6 is 11.8 Å². The lowest BCUT2D eigenvalue weighted by Crippen LogP contribution is -2.30. The normalized spacial score (nSPS) is 11.6. The van der Waals surface area contributed by atoms with Gasteiger partial charge in [0.2, 0.25) is 10.0 Å². The zero-order valence-electron chi connectivity index (χ0n) is 11.5. The zero-order chi connectivity index (χ0) is 15.1. The Kier molecular flexibility index (Phi) is 5.66. The maximum Gasteiger partial charge on any atom is 0.212 e. The van der Waals surface area contributed by atoms with E-state index in [1.807, 2.05) is 18.2 Å². The first kappa shape index (κ1) is 15.9. The van der Waals surface area contributed by atoms with Crippen LogP contribution in [0.25, 0.3) is 0 Å². The van der Waals surface area contributed by atoms with Gasteiger partial charge < -0.3 is 5.73 Å². The number of nitrogens with zero attached hydrogens (tertiary/aromatic N) is 2. The minimum Gasteiger partial charge on any atom is -0.399 e. The molecule has 0 saturated heterocycles. The van der Waals surface area contributed by atoms with E-state index in [-0.39, 0.29) is 5.75 Å². The summed E-state index contributed by atoms with van der Waals surface area (Å²) >= 11 is 1.48. The van der Waals surface area contributed by atoms with Gasteiger partial charge in [-0.15, -0.1) is 11.8 Å². The maximum atomic E-state index is 11.8. The molecule has 2 rings (SSSR count). The number of nitrogen functional groups attached to an aromatic ring is 1. The van der Waals surface area contributed by atoms with Crippen molar-refractivity contribution in [3.8, 4) is 0 Å². The van der Waals surface area contributed by atoms with Crippen molar-refractivity contribution in [1.82, 2.24) is 14.5 Å². The van der Waals surface area contributed by atoms with E-state index in [9.17, 15) is 8.42 Å². The van der Waals surface area contributed by atoms with Crippen molar-refractivity contribution >= 4 is 27.5 Å². The zero-order valence-corrected chi connectivity index (χ0v) is 13.1. The number of aromatic nitrogens is 2. The van der Waals surface area contributed by atoms with Crippen molar-refractivity contribution in [2.45, 2.75) is 11.4 Å². The van der Waals surface area contributed by atoms with Gasteiger partial charge in [-0.1, -0.05) is 6.07 Å². The predicted molar refractivity (Wildman–Crippen MR) is 85.6 cm³/mol. The third-order valence-corrected chi connectivity index (χ3v) is 5.34. The first-order valence-electron chi connectivity index (χ1n) is 6.48. The average molecular weight is 326 g/mol. The van der Waals surface area contributed by atoms with E-state index in [4.69, 9.17) is 5.73 Å². The monoisotopic (exact) mass is 326 g/mol. The first-order chi connectivity index (χ1) is 10.1. The summed E-state index contributed by atoms with van der Waals surface area (Å²) in [6, 6.07) is 9.21. The molecule has 0 bridgehead atoms. The molecule has 8 heteroatoms. The lowest BCUT2D eigenvalue weighted by Gasteiger charge is -2.07. The average Bonchev–Trinajstić information content (AvgIpc) is 2.91. The van der Waals surface area contributed by atoms with Crippen LogP contribution in [0.15, 0.2) is 47.6 Å². The largest absolute Gasteiger partial charge is 0.399 e. The lowest BCUT2D eigenvalue weighted by molar-refractivity contribution is 0.562. The predicted octanol–water partition coefficient (Wildman–Crippen LogP) is 1.18. The summed E-state index contributed by atoms with van der Waals surface area (Å²) in [5.74, 6) is 0.562. The standard InChI is InChI=1S/C13H18N4O2S2/c14-12-3-1-4-13(11-12)20-9-10-21(18,19)16-6-8-17-7-2-5-15-17/h1-5,7,11,16H,6,8-10,14H2. The summed E-state index contributed by atoms with van der Waals surface area (Å²) in [6.45, 7) is 0.863. The Morgan fingerprint density at radius 2 is 2.19 bits per heavy atom. The van der Waals surface area contributed by atoms with Crippen LogP contribution in [0, 0.1) is 0 Å². The van der Waals surface area contributed by atoms with Crippen LogP contribution in [0.4, 0.5) is 5.69 Å². The fourth-order valence-electron chi connectivity index (χ4n) is 1.69. The molecule has 1 aromatic carbocycles. The highest BCUT2D eigenvalue weighted by Gasteiger charge is 2.09. The number of rotatable bonds is 8. The number of sulfonamides is 1. The van der Waals surface area contributed by atoms with Gasteiger partial charge >= 0.3 is 0 Å². The molecule has 0 amide bonds. The van der Waals surface area contributed by atoms with E-state index in [0.717, 1.165) is 4.90 Å². The summed E-state index contributed by atoms with van der Waals surface area (Å²) in [5.41, 5.74) is 6.36. The lowest BCUT2D eigenvalue weighted by atomic mass is 10.3. The van der Waals surface area contributed by atoms with Crippen LogP contribution in [0.5, 0.6) is 0 Å². The number of anilines is 1. The second-order valence-corrected chi connectivity index (χ2v) is 7.50. The molecule has 3 N–H and O–H groups in total. The Morgan fingerprint density at radius 3 is 2.90 bits per heavy atom. The summed E-state index contributed by atoms with van der Waals surface area (Å²) in [7, 11) is -3.26. The van der Waals surface area contributed by atoms with Crippen molar-refractivity contribution < 1.29 is 8.42 Å². The number of hydrogen-bond acceptors (Lipinski definition) is 5. The van der Waals surface area contributed by atoms with Crippen LogP contribution in [0.3, 0.4) is 0 Å². The molecule has 0 atom stereocenters. The molecule has 2 aromatic rings. The second-order valence-electron chi connectivity index (χ2n) is 4.40. The molecule has 0 fully saturated rings. The highest BCUT2D eigenvalue weighted by atomic mass is 32.2. The van der Waals surface area contributed by atoms with Crippen LogP contribution in [0.2, 0.25) is 0 Å². The van der Waals surface area contributed by atoms with Gasteiger partial charge in [-0.05, 0) is 24.3 Å². The molecule has 1 heterocycles. The molecular weight excluding hydrogens is 308 g/mol. The summed E-state index contributed by atoms with van der Waals surface area (Å²) < 4.78 is 27.9. The van der Waals surface area contributed by atoms with Crippen molar-refractivity contribution in [2.24, 2.45) is 0 Å². The van der Waals surface area contributed by atoms with E-state index >= 15 is 0 Å². The third-order valence-electron chi connectivity index (χ3n) is 2.70. The van der Waals surface area contributed by atoms with Crippen LogP contribution in [0.1, 0.15) is 0 Å². The van der Waals surface area contributed by atoms with Gasteiger partial charge in [0.15, 0.2) is 0 Å². The van der Waals surface area contributed by atoms with Gasteiger partial charge in [0, 0.05) is 35.3 Å². The molecule has 1 aromatic heterocycles. The molecule has 0 spiro atoms. The number of benzene rings is 1. The van der Waals surface area contributed by atoms with Crippen molar-refractivity contribution in [1.29, 1.82) is 0 Å². The van der Waals surface area contributed by atoms with Gasteiger partial charge in [0.05, 0.1) is 12.3 Å². The van der Waals surface area contributed by atoms with Crippen molar-refractivity contribution in [2.75, 3.05) is 23.8 Å². The molecule has 0 radical (unpaired) electrons. The SMILES string of the molecule is Nc1cccc(SCCS(=O)(=O)NCCn2cccn2)c1. The number of nitrogens with two attached hydrogens (primary N) is 1. The van der Waals surface area contributed by atoms with Gasteiger partial charge in [0.25, 0.3) is 0 Å². The van der Waals surface area contributed by atoms with Gasteiger partial charge in [-0.2, -0.15) is 5.10 Å². The Morgan fingerprint density at radius 1 is 1.33 bits per heavy atom. The Labute approximate surface area is 128 Å². The summed E-state index contributed by atoms with van der Waals surface area (Å²) in [6.07, 6.45) is 3.46. The van der Waals surface area contributed by atoms with E-state index in [0.29, 0.717) is 24.5 Å². The summed E-state index contributed by atoms with van der Waals surface area (Å²) in [4.78, 5) is 0.974. The molecule has 21 heavy (non-hydrogen) atoms. The molecule has 0 unspecified atom stereocenters. The highest BCUT2D eigenvalue weighted by molar-refractivity contribution is 8.00. The van der Waals surface area contributed by atoms with E-state index in [1.165, 1.54) is 11.8 Å². The minimum atomic E-state index is -3.26. The minimum absolute atomic E-state index is 0.0750. The van der Waals surface area contributed by atoms with E-state index in [1.54, 1.807) is 29.2 Å². The quantitative estimate of drug-likeness (QED) is 0.561. The Hall–Kier alpha value is -1.51. The van der Waals surface area contributed by atoms with Gasteiger partial charge in [-0.25, -0.2) is 13.1 Å². The Bertz CT molecular complexity index is 657. The molecule has 0 aliphatic carbocycles.